The molecule has 5 heteroatoms. The molecule has 2 rings (SSSR count). The first-order valence-corrected chi connectivity index (χ1v) is 8.84. The fraction of sp³-hybridized carbons (Fsp3) is 0.588. The third-order valence-corrected chi connectivity index (χ3v) is 4.85. The molecule has 1 unspecified atom stereocenters. The van der Waals surface area contributed by atoms with E-state index in [-0.39, 0.29) is 11.9 Å². The van der Waals surface area contributed by atoms with Gasteiger partial charge in [0.25, 0.3) is 0 Å². The lowest BCUT2D eigenvalue weighted by atomic mass is 10.1. The van der Waals surface area contributed by atoms with Gasteiger partial charge in [-0.25, -0.2) is 0 Å². The van der Waals surface area contributed by atoms with Crippen LogP contribution in [0.2, 0.25) is 0 Å². The van der Waals surface area contributed by atoms with E-state index in [4.69, 9.17) is 9.47 Å². The number of nitrogens with zero attached hydrogens (tertiary/aromatic N) is 1. The molecule has 1 fully saturated rings. The molecule has 22 heavy (non-hydrogen) atoms. The molecule has 1 aromatic carbocycles. The van der Waals surface area contributed by atoms with Gasteiger partial charge in [-0.2, -0.15) is 0 Å². The van der Waals surface area contributed by atoms with Gasteiger partial charge in [0.1, 0.15) is 0 Å². The van der Waals surface area contributed by atoms with Crippen LogP contribution in [0.25, 0.3) is 0 Å². The molecule has 1 aliphatic rings. The highest BCUT2D eigenvalue weighted by Gasteiger charge is 2.24. The first-order chi connectivity index (χ1) is 10.7. The number of rotatable bonds is 7. The summed E-state index contributed by atoms with van der Waals surface area (Å²) >= 11 is 1.72. The van der Waals surface area contributed by atoms with Crippen LogP contribution in [0.5, 0.6) is 0 Å². The third kappa shape index (κ3) is 5.63. The Balaban J connectivity index is 1.91. The van der Waals surface area contributed by atoms with Gasteiger partial charge in [0.05, 0.1) is 25.7 Å². The molecule has 0 radical (unpaired) electrons. The van der Waals surface area contributed by atoms with Gasteiger partial charge in [0.2, 0.25) is 0 Å². The van der Waals surface area contributed by atoms with Crippen molar-refractivity contribution in [2.24, 2.45) is 5.92 Å². The number of esters is 1. The van der Waals surface area contributed by atoms with E-state index in [9.17, 15) is 4.79 Å². The Labute approximate surface area is 137 Å². The van der Waals surface area contributed by atoms with Gasteiger partial charge >= 0.3 is 5.97 Å². The lowest BCUT2D eigenvalue weighted by Gasteiger charge is -2.29. The lowest BCUT2D eigenvalue weighted by Crippen LogP contribution is -2.42. The van der Waals surface area contributed by atoms with E-state index in [1.165, 1.54) is 10.5 Å². The average molecular weight is 323 g/mol. The van der Waals surface area contributed by atoms with Crippen LogP contribution in [-0.2, 0) is 14.3 Å². The van der Waals surface area contributed by atoms with Crippen LogP contribution >= 0.6 is 11.8 Å². The Morgan fingerprint density at radius 2 is 2.00 bits per heavy atom. The zero-order valence-corrected chi connectivity index (χ0v) is 14.2. The molecule has 0 N–H and O–H groups in total. The van der Waals surface area contributed by atoms with Crippen molar-refractivity contribution in [2.45, 2.75) is 18.7 Å². The van der Waals surface area contributed by atoms with Gasteiger partial charge in [-0.3, -0.25) is 9.69 Å². The van der Waals surface area contributed by atoms with E-state index in [1.54, 1.807) is 11.8 Å². The largest absolute Gasteiger partial charge is 0.466 e. The highest BCUT2D eigenvalue weighted by atomic mass is 32.2. The molecule has 4 nitrogen and oxygen atoms in total. The van der Waals surface area contributed by atoms with Crippen LogP contribution in [0.15, 0.2) is 29.2 Å². The molecular weight excluding hydrogens is 298 g/mol. The monoisotopic (exact) mass is 323 g/mol. The second-order valence-electron chi connectivity index (χ2n) is 5.49. The van der Waals surface area contributed by atoms with Gasteiger partial charge < -0.3 is 9.47 Å². The summed E-state index contributed by atoms with van der Waals surface area (Å²) in [6, 6.07) is 8.42. The summed E-state index contributed by atoms with van der Waals surface area (Å²) in [7, 11) is 0. The van der Waals surface area contributed by atoms with Gasteiger partial charge in [-0.1, -0.05) is 17.7 Å². The van der Waals surface area contributed by atoms with Crippen molar-refractivity contribution in [2.75, 3.05) is 45.2 Å². The summed E-state index contributed by atoms with van der Waals surface area (Å²) in [5.74, 6) is 0.567. The first kappa shape index (κ1) is 17.3. The molecule has 1 heterocycles. The molecule has 0 spiro atoms. The summed E-state index contributed by atoms with van der Waals surface area (Å²) in [6.45, 7) is 8.41. The maximum absolute atomic E-state index is 12.2. The number of hydrogen-bond donors (Lipinski definition) is 0. The van der Waals surface area contributed by atoms with E-state index in [0.29, 0.717) is 6.61 Å². The van der Waals surface area contributed by atoms with E-state index < -0.39 is 0 Å². The SMILES string of the molecule is CCOC(=O)C(CSc1ccc(C)cc1)CN1CCOCC1. The van der Waals surface area contributed by atoms with Crippen LogP contribution in [0.3, 0.4) is 0 Å². The second-order valence-corrected chi connectivity index (χ2v) is 6.58. The molecule has 1 saturated heterocycles. The minimum absolute atomic E-state index is 0.0893. The number of morpholine rings is 1. The summed E-state index contributed by atoms with van der Waals surface area (Å²) < 4.78 is 10.6. The average Bonchev–Trinajstić information content (AvgIpc) is 2.54. The van der Waals surface area contributed by atoms with Crippen LogP contribution in [-0.4, -0.2) is 56.1 Å². The Morgan fingerprint density at radius 3 is 2.64 bits per heavy atom. The van der Waals surface area contributed by atoms with Crippen molar-refractivity contribution in [1.29, 1.82) is 0 Å². The number of benzene rings is 1. The quantitative estimate of drug-likeness (QED) is 0.570. The second kappa shape index (κ2) is 9.18. The first-order valence-electron chi connectivity index (χ1n) is 7.85. The van der Waals surface area contributed by atoms with Crippen molar-refractivity contribution in [3.8, 4) is 0 Å². The number of carbonyl (C=O) groups is 1. The molecule has 122 valence electrons. The Hall–Kier alpha value is -1.04. The minimum Gasteiger partial charge on any atom is -0.466 e. The molecular formula is C17H25NO3S. The van der Waals surface area contributed by atoms with Crippen molar-refractivity contribution < 1.29 is 14.3 Å². The van der Waals surface area contributed by atoms with E-state index in [2.05, 4.69) is 36.1 Å². The van der Waals surface area contributed by atoms with Crippen LogP contribution in [0, 0.1) is 12.8 Å². The number of hydrogen-bond acceptors (Lipinski definition) is 5. The molecule has 1 aromatic rings. The summed E-state index contributed by atoms with van der Waals surface area (Å²) in [6.07, 6.45) is 0. The Kier molecular flexibility index (Phi) is 7.22. The van der Waals surface area contributed by atoms with Gasteiger partial charge in [0, 0.05) is 30.3 Å². The normalized spacial score (nSPS) is 17.2. The van der Waals surface area contributed by atoms with Gasteiger partial charge in [-0.05, 0) is 26.0 Å². The minimum atomic E-state index is -0.0932. The predicted octanol–water partition coefficient (Wildman–Crippen LogP) is 2.60. The van der Waals surface area contributed by atoms with Crippen LogP contribution < -0.4 is 0 Å². The fourth-order valence-electron chi connectivity index (χ4n) is 2.38. The summed E-state index contributed by atoms with van der Waals surface area (Å²) in [4.78, 5) is 15.7. The maximum atomic E-state index is 12.2. The standard InChI is InChI=1S/C17H25NO3S/c1-3-21-17(19)15(12-18-8-10-20-11-9-18)13-22-16-6-4-14(2)5-7-16/h4-7,15H,3,8-13H2,1-2H3. The number of aryl methyl sites for hydroxylation is 1. The van der Waals surface area contributed by atoms with E-state index >= 15 is 0 Å². The Morgan fingerprint density at radius 1 is 1.32 bits per heavy atom. The highest BCUT2D eigenvalue weighted by molar-refractivity contribution is 7.99. The van der Waals surface area contributed by atoms with Crippen molar-refractivity contribution in [3.05, 3.63) is 29.8 Å². The topological polar surface area (TPSA) is 38.8 Å². The maximum Gasteiger partial charge on any atom is 0.311 e. The van der Waals surface area contributed by atoms with E-state index in [0.717, 1.165) is 38.6 Å². The molecule has 0 saturated carbocycles. The number of ether oxygens (including phenoxy) is 2. The third-order valence-electron chi connectivity index (χ3n) is 3.67. The molecule has 0 aromatic heterocycles. The molecule has 1 aliphatic heterocycles. The van der Waals surface area contributed by atoms with Crippen molar-refractivity contribution in [1.82, 2.24) is 4.90 Å². The number of carbonyl (C=O) groups excluding carboxylic acids is 1. The number of thioether (sulfide) groups is 1. The molecule has 0 aliphatic carbocycles. The van der Waals surface area contributed by atoms with Crippen molar-refractivity contribution in [3.63, 3.8) is 0 Å². The fourth-order valence-corrected chi connectivity index (χ4v) is 3.35. The van der Waals surface area contributed by atoms with Crippen LogP contribution in [0.4, 0.5) is 0 Å². The smallest absolute Gasteiger partial charge is 0.311 e. The molecule has 0 amide bonds. The van der Waals surface area contributed by atoms with Crippen molar-refractivity contribution >= 4 is 17.7 Å². The highest BCUT2D eigenvalue weighted by Crippen LogP contribution is 2.22. The zero-order chi connectivity index (χ0) is 15.8. The lowest BCUT2D eigenvalue weighted by molar-refractivity contribution is -0.148. The Bertz CT molecular complexity index is 457. The molecule has 1 atom stereocenters. The van der Waals surface area contributed by atoms with Gasteiger partial charge in [0.15, 0.2) is 0 Å². The zero-order valence-electron chi connectivity index (χ0n) is 13.4. The van der Waals surface area contributed by atoms with E-state index in [1.807, 2.05) is 6.92 Å². The predicted molar refractivity (Wildman–Crippen MR) is 89.3 cm³/mol. The summed E-state index contributed by atoms with van der Waals surface area (Å²) in [5, 5.41) is 0. The molecule has 0 bridgehead atoms. The summed E-state index contributed by atoms with van der Waals surface area (Å²) in [5.41, 5.74) is 1.25. The van der Waals surface area contributed by atoms with Crippen LogP contribution in [0.1, 0.15) is 12.5 Å². The van der Waals surface area contributed by atoms with Gasteiger partial charge in [-0.15, -0.1) is 11.8 Å².